The summed E-state index contributed by atoms with van der Waals surface area (Å²) in [6.45, 7) is 0. The summed E-state index contributed by atoms with van der Waals surface area (Å²) < 4.78 is 2.44. The van der Waals surface area contributed by atoms with Gasteiger partial charge >= 0.3 is 0 Å². The van der Waals surface area contributed by atoms with E-state index >= 15 is 0 Å². The largest absolute Gasteiger partial charge is 0.361 e. The maximum absolute atomic E-state index is 6.09. The summed E-state index contributed by atoms with van der Waals surface area (Å²) in [5, 5.41) is 5.73. The fourth-order valence-electron chi connectivity index (χ4n) is 1.79. The highest BCUT2D eigenvalue weighted by atomic mass is 35.5. The zero-order chi connectivity index (χ0) is 13.6. The number of rotatable bonds is 2. The van der Waals surface area contributed by atoms with E-state index in [2.05, 4.69) is 15.1 Å². The Labute approximate surface area is 123 Å². The molecule has 19 heavy (non-hydrogen) atoms. The van der Waals surface area contributed by atoms with E-state index in [9.17, 15) is 0 Å². The van der Waals surface area contributed by atoms with Gasteiger partial charge in [-0.2, -0.15) is 4.98 Å². The van der Waals surface area contributed by atoms with Crippen molar-refractivity contribution in [2.45, 2.75) is 0 Å². The number of anilines is 1. The molecule has 3 heterocycles. The maximum atomic E-state index is 6.09. The van der Waals surface area contributed by atoms with Crippen LogP contribution in [0.2, 0.25) is 9.62 Å². The minimum atomic E-state index is 0.190. The summed E-state index contributed by atoms with van der Waals surface area (Å²) in [6.07, 6.45) is 1.60. The first-order valence-electron chi connectivity index (χ1n) is 5.40. The minimum absolute atomic E-state index is 0.190. The van der Waals surface area contributed by atoms with Gasteiger partial charge in [0, 0.05) is 26.4 Å². The lowest BCUT2D eigenvalue weighted by Crippen LogP contribution is -2.10. The fraction of sp³-hybridized carbons (Fsp3) is 0.182. The van der Waals surface area contributed by atoms with Crippen LogP contribution >= 0.6 is 34.5 Å². The highest BCUT2D eigenvalue weighted by Gasteiger charge is 2.17. The molecule has 0 saturated carbocycles. The van der Waals surface area contributed by atoms with Gasteiger partial charge in [0.25, 0.3) is 0 Å². The van der Waals surface area contributed by atoms with Crippen LogP contribution in [0.1, 0.15) is 0 Å². The van der Waals surface area contributed by atoms with Gasteiger partial charge in [0.15, 0.2) is 11.6 Å². The first-order valence-corrected chi connectivity index (χ1v) is 6.98. The first kappa shape index (κ1) is 12.7. The molecule has 0 aliphatic heterocycles. The van der Waals surface area contributed by atoms with Crippen LogP contribution in [0, 0.1) is 0 Å². The molecule has 0 spiro atoms. The summed E-state index contributed by atoms with van der Waals surface area (Å²) in [5.74, 6) is 1.46. The fourth-order valence-corrected chi connectivity index (χ4v) is 3.11. The Morgan fingerprint density at radius 2 is 2.11 bits per heavy atom. The Morgan fingerprint density at radius 3 is 2.79 bits per heavy atom. The zero-order valence-electron chi connectivity index (χ0n) is 10.1. The molecule has 0 aliphatic carbocycles. The molecule has 3 aromatic rings. The third-order valence-electron chi connectivity index (χ3n) is 2.56. The number of hydrogen-bond donors (Lipinski definition) is 0. The molecule has 8 heteroatoms. The van der Waals surface area contributed by atoms with Gasteiger partial charge < -0.3 is 4.90 Å². The zero-order valence-corrected chi connectivity index (χ0v) is 12.5. The van der Waals surface area contributed by atoms with E-state index in [4.69, 9.17) is 23.2 Å². The normalized spacial score (nSPS) is 11.2. The molecular formula is C11H9Cl2N5S. The monoisotopic (exact) mass is 313 g/mol. The standard InChI is InChI=1S/C11H9Cl2N5S/c1-17(2)9-6-5-7(12)19-10(6)18(16-9)8-3-4-14-11(13)15-8/h3-5H,1-2H3. The second kappa shape index (κ2) is 4.63. The van der Waals surface area contributed by atoms with Crippen molar-refractivity contribution in [1.29, 1.82) is 0 Å². The van der Waals surface area contributed by atoms with Crippen LogP contribution in [0.5, 0.6) is 0 Å². The number of fused-ring (bicyclic) bond motifs is 1. The molecule has 98 valence electrons. The molecular weight excluding hydrogens is 305 g/mol. The van der Waals surface area contributed by atoms with Gasteiger partial charge in [-0.05, 0) is 17.7 Å². The predicted octanol–water partition coefficient (Wildman–Crippen LogP) is 3.25. The van der Waals surface area contributed by atoms with Crippen molar-refractivity contribution in [2.75, 3.05) is 19.0 Å². The van der Waals surface area contributed by atoms with Crippen LogP contribution in [0.3, 0.4) is 0 Å². The molecule has 5 nitrogen and oxygen atoms in total. The molecule has 0 radical (unpaired) electrons. The van der Waals surface area contributed by atoms with Crippen molar-refractivity contribution in [3.8, 4) is 5.82 Å². The van der Waals surface area contributed by atoms with E-state index in [1.807, 2.05) is 25.1 Å². The van der Waals surface area contributed by atoms with Crippen LogP contribution in [0.4, 0.5) is 5.82 Å². The molecule has 0 atom stereocenters. The van der Waals surface area contributed by atoms with Crippen molar-refractivity contribution >= 4 is 50.6 Å². The Kier molecular flexibility index (Phi) is 3.08. The number of halogens is 2. The van der Waals surface area contributed by atoms with Gasteiger partial charge in [-0.15, -0.1) is 16.4 Å². The van der Waals surface area contributed by atoms with Crippen molar-refractivity contribution in [2.24, 2.45) is 0 Å². The van der Waals surface area contributed by atoms with Crippen molar-refractivity contribution < 1.29 is 0 Å². The second-order valence-electron chi connectivity index (χ2n) is 4.08. The average molecular weight is 314 g/mol. The number of thiophene rings is 1. The lowest BCUT2D eigenvalue weighted by atomic mass is 10.4. The van der Waals surface area contributed by atoms with Gasteiger partial charge in [-0.3, -0.25) is 0 Å². The van der Waals surface area contributed by atoms with Gasteiger partial charge in [0.05, 0.1) is 9.72 Å². The van der Waals surface area contributed by atoms with Gasteiger partial charge in [-0.25, -0.2) is 9.67 Å². The van der Waals surface area contributed by atoms with E-state index in [-0.39, 0.29) is 5.28 Å². The number of hydrogen-bond acceptors (Lipinski definition) is 5. The highest BCUT2D eigenvalue weighted by molar-refractivity contribution is 7.22. The molecule has 0 unspecified atom stereocenters. The minimum Gasteiger partial charge on any atom is -0.361 e. The third kappa shape index (κ3) is 2.16. The molecule has 0 bridgehead atoms. The van der Waals surface area contributed by atoms with Gasteiger partial charge in [-0.1, -0.05) is 11.6 Å². The van der Waals surface area contributed by atoms with Gasteiger partial charge in [0.2, 0.25) is 5.28 Å². The van der Waals surface area contributed by atoms with E-state index in [1.54, 1.807) is 16.9 Å². The lowest BCUT2D eigenvalue weighted by molar-refractivity contribution is 0.858. The summed E-state index contributed by atoms with van der Waals surface area (Å²) in [7, 11) is 3.87. The Balaban J connectivity index is 2.29. The first-order chi connectivity index (χ1) is 9.06. The highest BCUT2D eigenvalue weighted by Crippen LogP contribution is 2.36. The van der Waals surface area contributed by atoms with Gasteiger partial charge in [0.1, 0.15) is 4.83 Å². The summed E-state index contributed by atoms with van der Waals surface area (Å²) in [6, 6.07) is 3.66. The predicted molar refractivity (Wildman–Crippen MR) is 78.9 cm³/mol. The number of aromatic nitrogens is 4. The maximum Gasteiger partial charge on any atom is 0.224 e. The summed E-state index contributed by atoms with van der Waals surface area (Å²) in [5.41, 5.74) is 0. The molecule has 3 rings (SSSR count). The summed E-state index contributed by atoms with van der Waals surface area (Å²) >= 11 is 13.4. The molecule has 0 saturated heterocycles. The molecule has 0 amide bonds. The third-order valence-corrected chi connectivity index (χ3v) is 3.98. The van der Waals surface area contributed by atoms with Crippen molar-refractivity contribution in [1.82, 2.24) is 19.7 Å². The van der Waals surface area contributed by atoms with Crippen molar-refractivity contribution in [3.63, 3.8) is 0 Å². The van der Waals surface area contributed by atoms with Crippen LogP contribution in [0.15, 0.2) is 18.3 Å². The van der Waals surface area contributed by atoms with Crippen LogP contribution in [0.25, 0.3) is 16.0 Å². The van der Waals surface area contributed by atoms with E-state index < -0.39 is 0 Å². The quantitative estimate of drug-likeness (QED) is 0.681. The molecule has 0 aliphatic rings. The van der Waals surface area contributed by atoms with Crippen molar-refractivity contribution in [3.05, 3.63) is 27.9 Å². The molecule has 0 N–H and O–H groups in total. The lowest BCUT2D eigenvalue weighted by Gasteiger charge is -2.07. The summed E-state index contributed by atoms with van der Waals surface area (Å²) in [4.78, 5) is 10.9. The Hall–Kier alpha value is -1.37. The SMILES string of the molecule is CN(C)c1nn(-c2ccnc(Cl)n2)c2sc(Cl)cc12. The topological polar surface area (TPSA) is 46.8 Å². The molecule has 0 aromatic carbocycles. The van der Waals surface area contributed by atoms with E-state index in [0.717, 1.165) is 16.0 Å². The second-order valence-corrected chi connectivity index (χ2v) is 6.08. The Bertz CT molecular complexity index is 749. The number of nitrogens with zero attached hydrogens (tertiary/aromatic N) is 5. The molecule has 3 aromatic heterocycles. The molecule has 0 fully saturated rings. The van der Waals surface area contributed by atoms with Crippen LogP contribution < -0.4 is 4.90 Å². The Morgan fingerprint density at radius 1 is 1.32 bits per heavy atom. The smallest absolute Gasteiger partial charge is 0.224 e. The van der Waals surface area contributed by atoms with Crippen LogP contribution in [-0.4, -0.2) is 33.8 Å². The van der Waals surface area contributed by atoms with E-state index in [0.29, 0.717) is 10.2 Å². The average Bonchev–Trinajstić information content (AvgIpc) is 2.85. The van der Waals surface area contributed by atoms with E-state index in [1.165, 1.54) is 11.3 Å². The van der Waals surface area contributed by atoms with Crippen LogP contribution in [-0.2, 0) is 0 Å².